The highest BCUT2D eigenvalue weighted by molar-refractivity contribution is 14.1. The van der Waals surface area contributed by atoms with E-state index in [1.54, 1.807) is 0 Å². The molecule has 2 atom stereocenters. The second-order valence-corrected chi connectivity index (χ2v) is 6.56. The zero-order chi connectivity index (χ0) is 5.28. The van der Waals surface area contributed by atoms with Crippen LogP contribution in [-0.4, -0.2) is 13.6 Å². The topological polar surface area (TPSA) is 0 Å². The predicted molar refractivity (Wildman–Crippen MR) is 47.3 cm³/mol. The quantitative estimate of drug-likeness (QED) is 0.476. The van der Waals surface area contributed by atoms with Gasteiger partial charge in [0.05, 0.1) is 3.26 Å². The molecule has 42 valence electrons. The summed E-state index contributed by atoms with van der Waals surface area (Å²) in [4.78, 5) is 0. The van der Waals surface area contributed by atoms with E-state index >= 15 is 0 Å². The van der Waals surface area contributed by atoms with Crippen molar-refractivity contribution in [3.05, 3.63) is 0 Å². The maximum Gasteiger partial charge on any atom is 0.0688 e. The largest absolute Gasteiger partial charge is 0.146 e. The Morgan fingerprint density at radius 1 is 1.57 bits per heavy atom. The number of rotatable bonds is 0. The van der Waals surface area contributed by atoms with Crippen molar-refractivity contribution < 1.29 is 0 Å². The van der Waals surface area contributed by atoms with E-state index in [-0.39, 0.29) is 0 Å². The van der Waals surface area contributed by atoms with Crippen LogP contribution in [0.25, 0.3) is 0 Å². The third-order valence-corrected chi connectivity index (χ3v) is 6.36. The molecule has 0 radical (unpaired) electrons. The van der Waals surface area contributed by atoms with E-state index in [9.17, 15) is 0 Å². The first-order valence-corrected chi connectivity index (χ1v) is 5.52. The number of alkyl halides is 1. The van der Waals surface area contributed by atoms with E-state index in [1.165, 1.54) is 5.08 Å². The maximum atomic E-state index is 2.50. The van der Waals surface area contributed by atoms with E-state index in [1.807, 2.05) is 0 Å². The molecule has 0 N–H and O–H groups in total. The van der Waals surface area contributed by atoms with Crippen LogP contribution in [0.3, 0.4) is 0 Å². The molecular weight excluding hydrogens is 239 g/mol. The Balaban J connectivity index is 2.33. The molecule has 1 saturated heterocycles. The Morgan fingerprint density at radius 3 is 2.43 bits per heavy atom. The molecule has 0 amide bonds. The molecule has 0 aromatic carbocycles. The summed E-state index contributed by atoms with van der Waals surface area (Å²) in [6, 6.07) is 0. The molecular formula is C4H7IS2. The van der Waals surface area contributed by atoms with Gasteiger partial charge in [-0.2, -0.15) is 0 Å². The van der Waals surface area contributed by atoms with Gasteiger partial charge < -0.3 is 0 Å². The third-order valence-electron chi connectivity index (χ3n) is 0.927. The first kappa shape index (κ1) is 6.55. The Bertz CT molecular complexity index is 58.7. The highest BCUT2D eigenvalue weighted by Gasteiger charge is 2.20. The van der Waals surface area contributed by atoms with Crippen molar-refractivity contribution in [1.29, 1.82) is 0 Å². The van der Waals surface area contributed by atoms with Gasteiger partial charge in [-0.3, -0.25) is 0 Å². The molecule has 0 aromatic rings. The molecule has 7 heavy (non-hydrogen) atoms. The molecule has 1 rings (SSSR count). The highest BCUT2D eigenvalue weighted by atomic mass is 127. The number of halogens is 1. The van der Waals surface area contributed by atoms with Gasteiger partial charge >= 0.3 is 0 Å². The smallest absolute Gasteiger partial charge is 0.0688 e. The summed E-state index contributed by atoms with van der Waals surface area (Å²) in [5, 5.41) is 2.18. The van der Waals surface area contributed by atoms with Crippen molar-refractivity contribution in [2.24, 2.45) is 0 Å². The summed E-state index contributed by atoms with van der Waals surface area (Å²) in [5.41, 5.74) is 0. The number of hydrogen-bond donors (Lipinski definition) is 0. The molecule has 1 aliphatic heterocycles. The van der Waals surface area contributed by atoms with Crippen LogP contribution in [0.1, 0.15) is 6.92 Å². The van der Waals surface area contributed by atoms with E-state index in [0.717, 1.165) is 8.51 Å². The summed E-state index contributed by atoms with van der Waals surface area (Å²) in [6.45, 7) is 2.29. The van der Waals surface area contributed by atoms with Crippen LogP contribution in [0.5, 0.6) is 0 Å². The molecule has 0 unspecified atom stereocenters. The summed E-state index contributed by atoms with van der Waals surface area (Å²) < 4.78 is 0.864. The molecule has 1 heterocycles. The van der Waals surface area contributed by atoms with Gasteiger partial charge in [-0.25, -0.2) is 0 Å². The Morgan fingerprint density at radius 2 is 2.29 bits per heavy atom. The van der Waals surface area contributed by atoms with Crippen LogP contribution in [0, 0.1) is 0 Å². The van der Waals surface area contributed by atoms with Gasteiger partial charge in [0.2, 0.25) is 0 Å². The van der Waals surface area contributed by atoms with Gasteiger partial charge in [-0.15, -0.1) is 23.5 Å². The minimum atomic E-state index is 0.864. The van der Waals surface area contributed by atoms with E-state index in [4.69, 9.17) is 0 Å². The summed E-state index contributed by atoms with van der Waals surface area (Å²) in [6.07, 6.45) is 0. The van der Waals surface area contributed by atoms with Crippen LogP contribution >= 0.6 is 46.1 Å². The molecule has 3 heteroatoms. The monoisotopic (exact) mass is 246 g/mol. The highest BCUT2D eigenvalue weighted by Crippen LogP contribution is 2.39. The maximum absolute atomic E-state index is 2.50. The van der Waals surface area contributed by atoms with Crippen LogP contribution in [0.4, 0.5) is 0 Å². The SMILES string of the molecule is C[C@H]1SCS[C@@H]1I. The van der Waals surface area contributed by atoms with E-state index < -0.39 is 0 Å². The van der Waals surface area contributed by atoms with Crippen molar-refractivity contribution >= 4 is 46.1 Å². The lowest BCUT2D eigenvalue weighted by Crippen LogP contribution is -1.99. The van der Waals surface area contributed by atoms with Crippen molar-refractivity contribution in [2.45, 2.75) is 15.4 Å². The lowest BCUT2D eigenvalue weighted by atomic mass is 10.6. The van der Waals surface area contributed by atoms with Crippen LogP contribution in [0.2, 0.25) is 0 Å². The first-order valence-electron chi connectivity index (χ1n) is 2.18. The third kappa shape index (κ3) is 1.68. The fourth-order valence-corrected chi connectivity index (χ4v) is 4.95. The summed E-state index contributed by atoms with van der Waals surface area (Å²) in [5.74, 6) is 0. The minimum Gasteiger partial charge on any atom is -0.146 e. The summed E-state index contributed by atoms with van der Waals surface area (Å²) in [7, 11) is 0. The fourth-order valence-electron chi connectivity index (χ4n) is 0.423. The molecule has 0 saturated carbocycles. The molecule has 0 aromatic heterocycles. The standard InChI is InChI=1S/C4H7IS2/c1-3-4(5)7-2-6-3/h3-4H,2H2,1H3/t3-,4+/m1/s1. The van der Waals surface area contributed by atoms with Gasteiger partial charge in [0, 0.05) is 10.3 Å². The lowest BCUT2D eigenvalue weighted by molar-refractivity contribution is 1.12. The second-order valence-electron chi connectivity index (χ2n) is 1.51. The van der Waals surface area contributed by atoms with Crippen LogP contribution in [-0.2, 0) is 0 Å². The Kier molecular flexibility index (Phi) is 2.64. The molecule has 0 spiro atoms. The molecule has 0 nitrogen and oxygen atoms in total. The molecule has 1 fully saturated rings. The second kappa shape index (κ2) is 2.82. The van der Waals surface area contributed by atoms with Crippen LogP contribution in [0.15, 0.2) is 0 Å². The van der Waals surface area contributed by atoms with E-state index in [0.29, 0.717) is 0 Å². The van der Waals surface area contributed by atoms with E-state index in [2.05, 4.69) is 53.0 Å². The predicted octanol–water partition coefficient (Wildman–Crippen LogP) is 2.57. The average molecular weight is 246 g/mol. The summed E-state index contributed by atoms with van der Waals surface area (Å²) >= 11 is 6.62. The molecule has 0 aliphatic carbocycles. The van der Waals surface area contributed by atoms with Crippen molar-refractivity contribution in [3.63, 3.8) is 0 Å². The zero-order valence-electron chi connectivity index (χ0n) is 4.06. The number of hydrogen-bond acceptors (Lipinski definition) is 2. The Labute approximate surface area is 66.3 Å². The fraction of sp³-hybridized carbons (Fsp3) is 1.00. The molecule has 0 bridgehead atoms. The van der Waals surface area contributed by atoms with Crippen molar-refractivity contribution in [2.75, 3.05) is 5.08 Å². The van der Waals surface area contributed by atoms with Gasteiger partial charge in [0.15, 0.2) is 0 Å². The first-order chi connectivity index (χ1) is 3.30. The van der Waals surface area contributed by atoms with Crippen molar-refractivity contribution in [3.8, 4) is 0 Å². The van der Waals surface area contributed by atoms with Gasteiger partial charge in [-0.05, 0) is 0 Å². The Hall–Kier alpha value is 1.43. The normalized spacial score (nSPS) is 42.0. The average Bonchev–Trinajstić information content (AvgIpc) is 1.91. The van der Waals surface area contributed by atoms with Gasteiger partial charge in [-0.1, -0.05) is 29.5 Å². The van der Waals surface area contributed by atoms with Gasteiger partial charge in [0.25, 0.3) is 0 Å². The van der Waals surface area contributed by atoms with Gasteiger partial charge in [0.1, 0.15) is 0 Å². The minimum absolute atomic E-state index is 0.864. The number of thioether (sulfide) groups is 2. The zero-order valence-corrected chi connectivity index (χ0v) is 7.85. The molecule has 1 aliphatic rings. The lowest BCUT2D eigenvalue weighted by Gasteiger charge is -2.00. The van der Waals surface area contributed by atoms with Crippen LogP contribution < -0.4 is 0 Å². The van der Waals surface area contributed by atoms with Crippen molar-refractivity contribution in [1.82, 2.24) is 0 Å².